The van der Waals surface area contributed by atoms with Crippen molar-refractivity contribution in [1.82, 2.24) is 15.0 Å². The van der Waals surface area contributed by atoms with Crippen LogP contribution in [0.5, 0.6) is 0 Å². The molecular formula is C39H25N3. The fourth-order valence-corrected chi connectivity index (χ4v) is 5.73. The summed E-state index contributed by atoms with van der Waals surface area (Å²) in [4.78, 5) is 14.8. The van der Waals surface area contributed by atoms with Crippen molar-refractivity contribution in [2.45, 2.75) is 0 Å². The third-order valence-corrected chi connectivity index (χ3v) is 7.94. The summed E-state index contributed by atoms with van der Waals surface area (Å²) in [5.74, 6) is 0.717. The van der Waals surface area contributed by atoms with Crippen LogP contribution in [0.15, 0.2) is 152 Å². The van der Waals surface area contributed by atoms with Crippen molar-refractivity contribution in [2.75, 3.05) is 0 Å². The van der Waals surface area contributed by atoms with Crippen LogP contribution >= 0.6 is 0 Å². The molecule has 196 valence electrons. The van der Waals surface area contributed by atoms with Crippen molar-refractivity contribution >= 4 is 32.6 Å². The molecule has 0 spiro atoms. The highest BCUT2D eigenvalue weighted by molar-refractivity contribution is 6.06. The second-order valence-corrected chi connectivity index (χ2v) is 10.5. The van der Waals surface area contributed by atoms with E-state index in [1.165, 1.54) is 21.9 Å². The Kier molecular flexibility index (Phi) is 5.79. The van der Waals surface area contributed by atoms with Crippen molar-refractivity contribution < 1.29 is 0 Å². The smallest absolute Gasteiger partial charge is 0.160 e. The van der Waals surface area contributed by atoms with Gasteiger partial charge < -0.3 is 0 Å². The quantitative estimate of drug-likeness (QED) is 0.211. The summed E-state index contributed by atoms with van der Waals surface area (Å²) in [5, 5.41) is 4.59. The van der Waals surface area contributed by atoms with E-state index in [9.17, 15) is 0 Å². The molecule has 0 radical (unpaired) electrons. The highest BCUT2D eigenvalue weighted by Crippen LogP contribution is 2.33. The molecule has 0 aliphatic carbocycles. The maximum absolute atomic E-state index is 5.09. The molecular weight excluding hydrogens is 510 g/mol. The zero-order valence-corrected chi connectivity index (χ0v) is 22.8. The van der Waals surface area contributed by atoms with Gasteiger partial charge in [-0.2, -0.15) is 0 Å². The van der Waals surface area contributed by atoms with Crippen molar-refractivity contribution in [1.29, 1.82) is 0 Å². The first-order valence-corrected chi connectivity index (χ1v) is 14.1. The number of hydrogen-bond acceptors (Lipinski definition) is 3. The molecule has 2 aromatic heterocycles. The number of nitrogens with zero attached hydrogens (tertiary/aromatic N) is 3. The van der Waals surface area contributed by atoms with E-state index in [2.05, 4.69) is 127 Å². The second kappa shape index (κ2) is 10.1. The molecule has 0 unspecified atom stereocenters. The lowest BCUT2D eigenvalue weighted by atomic mass is 9.99. The highest BCUT2D eigenvalue weighted by atomic mass is 14.9. The van der Waals surface area contributed by atoms with Gasteiger partial charge in [0.05, 0.1) is 16.7 Å². The lowest BCUT2D eigenvalue weighted by Gasteiger charge is -2.11. The third-order valence-electron chi connectivity index (χ3n) is 7.94. The van der Waals surface area contributed by atoms with Crippen molar-refractivity contribution in [3.63, 3.8) is 0 Å². The second-order valence-electron chi connectivity index (χ2n) is 10.5. The lowest BCUT2D eigenvalue weighted by molar-refractivity contribution is 1.23. The molecule has 0 saturated carbocycles. The Morgan fingerprint density at radius 3 is 1.76 bits per heavy atom. The molecule has 8 aromatic rings. The van der Waals surface area contributed by atoms with E-state index in [1.807, 2.05) is 24.4 Å². The predicted octanol–water partition coefficient (Wildman–Crippen LogP) is 10.00. The molecule has 0 fully saturated rings. The Labute approximate surface area is 243 Å². The fraction of sp³-hybridized carbons (Fsp3) is 0. The molecule has 0 aliphatic rings. The summed E-state index contributed by atoms with van der Waals surface area (Å²) >= 11 is 0. The number of rotatable bonds is 4. The summed E-state index contributed by atoms with van der Waals surface area (Å²) in [5.41, 5.74) is 9.57. The predicted molar refractivity (Wildman–Crippen MR) is 174 cm³/mol. The number of para-hydroxylation sites is 1. The Morgan fingerprint density at radius 2 is 0.952 bits per heavy atom. The van der Waals surface area contributed by atoms with Gasteiger partial charge in [-0.1, -0.05) is 133 Å². The molecule has 0 amide bonds. The van der Waals surface area contributed by atoms with Crippen molar-refractivity contribution in [3.05, 3.63) is 152 Å². The van der Waals surface area contributed by atoms with Crippen LogP contribution < -0.4 is 0 Å². The van der Waals surface area contributed by atoms with Crippen LogP contribution in [-0.4, -0.2) is 15.0 Å². The van der Waals surface area contributed by atoms with Gasteiger partial charge in [-0.15, -0.1) is 0 Å². The lowest BCUT2D eigenvalue weighted by Crippen LogP contribution is -1.95. The summed E-state index contributed by atoms with van der Waals surface area (Å²) in [6.45, 7) is 0. The Morgan fingerprint density at radius 1 is 0.357 bits per heavy atom. The van der Waals surface area contributed by atoms with Gasteiger partial charge in [0.25, 0.3) is 0 Å². The molecule has 0 N–H and O–H groups in total. The maximum Gasteiger partial charge on any atom is 0.160 e. The molecule has 2 heterocycles. The summed E-state index contributed by atoms with van der Waals surface area (Å²) in [6, 6.07) is 50.7. The highest BCUT2D eigenvalue weighted by Gasteiger charge is 2.12. The van der Waals surface area contributed by atoms with E-state index in [-0.39, 0.29) is 0 Å². The van der Waals surface area contributed by atoms with Crippen LogP contribution in [0, 0.1) is 0 Å². The topological polar surface area (TPSA) is 38.7 Å². The molecule has 42 heavy (non-hydrogen) atoms. The van der Waals surface area contributed by atoms with E-state index < -0.39 is 0 Å². The minimum absolute atomic E-state index is 0.717. The van der Waals surface area contributed by atoms with E-state index >= 15 is 0 Å². The minimum Gasteiger partial charge on any atom is -0.256 e. The normalized spacial score (nSPS) is 11.3. The molecule has 6 aromatic carbocycles. The Hall–Kier alpha value is -5.67. The third kappa shape index (κ3) is 4.29. The Balaban J connectivity index is 1.16. The van der Waals surface area contributed by atoms with Gasteiger partial charge in [0, 0.05) is 33.5 Å². The van der Waals surface area contributed by atoms with Gasteiger partial charge >= 0.3 is 0 Å². The van der Waals surface area contributed by atoms with E-state index in [0.29, 0.717) is 5.82 Å². The van der Waals surface area contributed by atoms with Gasteiger partial charge in [0.15, 0.2) is 5.82 Å². The first-order chi connectivity index (χ1) is 20.8. The van der Waals surface area contributed by atoms with Crippen LogP contribution in [0.3, 0.4) is 0 Å². The van der Waals surface area contributed by atoms with Gasteiger partial charge in [0.2, 0.25) is 0 Å². The van der Waals surface area contributed by atoms with Crippen molar-refractivity contribution in [3.8, 4) is 44.9 Å². The van der Waals surface area contributed by atoms with Crippen LogP contribution in [0.1, 0.15) is 0 Å². The van der Waals surface area contributed by atoms with Crippen LogP contribution in [0.25, 0.3) is 77.5 Å². The largest absolute Gasteiger partial charge is 0.256 e. The number of aromatic nitrogens is 3. The summed E-state index contributed by atoms with van der Waals surface area (Å²) in [7, 11) is 0. The zero-order chi connectivity index (χ0) is 27.9. The van der Waals surface area contributed by atoms with Crippen molar-refractivity contribution in [2.24, 2.45) is 0 Å². The standard InChI is InChI=1S/C39H25N3/c1-2-8-26(9-3-1)27-14-18-29(19-15-27)38-35-12-6-7-13-36(35)41-39(42-38)30-20-16-28(17-21-30)31-22-23-34-33-11-5-4-10-32(33)25-40-37(34)24-31/h1-25H. The van der Waals surface area contributed by atoms with E-state index in [0.717, 1.165) is 49.8 Å². The summed E-state index contributed by atoms with van der Waals surface area (Å²) < 4.78 is 0. The number of benzene rings is 6. The monoisotopic (exact) mass is 535 g/mol. The first-order valence-electron chi connectivity index (χ1n) is 14.1. The molecule has 0 atom stereocenters. The van der Waals surface area contributed by atoms with E-state index in [4.69, 9.17) is 15.0 Å². The number of hydrogen-bond donors (Lipinski definition) is 0. The van der Waals surface area contributed by atoms with Gasteiger partial charge in [-0.3, -0.25) is 4.98 Å². The first kappa shape index (κ1) is 24.2. The van der Waals surface area contributed by atoms with E-state index in [1.54, 1.807) is 0 Å². The van der Waals surface area contributed by atoms with Gasteiger partial charge in [-0.25, -0.2) is 9.97 Å². The SMILES string of the molecule is c1ccc(-c2ccc(-c3nc(-c4ccc(-c5ccc6c(c5)ncc5ccccc56)cc4)nc4ccccc34)cc2)cc1. The molecule has 3 heteroatoms. The van der Waals surface area contributed by atoms with Crippen LogP contribution in [0.2, 0.25) is 0 Å². The van der Waals surface area contributed by atoms with Crippen LogP contribution in [0.4, 0.5) is 0 Å². The molecule has 0 bridgehead atoms. The maximum atomic E-state index is 5.09. The number of pyridine rings is 1. The molecule has 8 rings (SSSR count). The fourth-order valence-electron chi connectivity index (χ4n) is 5.73. The van der Waals surface area contributed by atoms with Gasteiger partial charge in [0.1, 0.15) is 0 Å². The molecule has 0 saturated heterocycles. The summed E-state index contributed by atoms with van der Waals surface area (Å²) in [6.07, 6.45) is 1.95. The van der Waals surface area contributed by atoms with Gasteiger partial charge in [-0.05, 0) is 39.8 Å². The average Bonchev–Trinajstić information content (AvgIpc) is 3.08. The minimum atomic E-state index is 0.717. The molecule has 3 nitrogen and oxygen atoms in total. The zero-order valence-electron chi connectivity index (χ0n) is 22.8. The average molecular weight is 536 g/mol. The number of fused-ring (bicyclic) bond motifs is 4. The van der Waals surface area contributed by atoms with Crippen LogP contribution in [-0.2, 0) is 0 Å². The molecule has 0 aliphatic heterocycles. The Bertz CT molecular complexity index is 2220.